The zero-order valence-electron chi connectivity index (χ0n) is 12.6. The summed E-state index contributed by atoms with van der Waals surface area (Å²) in [5.41, 5.74) is -0.953. The molecular formula is C15H24N2O3. The largest absolute Gasteiger partial charge is 0.330 e. The van der Waals surface area contributed by atoms with Crippen LogP contribution in [-0.2, 0) is 9.59 Å². The summed E-state index contributed by atoms with van der Waals surface area (Å²) in [6, 6.07) is -0.542. The Balaban J connectivity index is 2.22. The van der Waals surface area contributed by atoms with Gasteiger partial charge in [-0.05, 0) is 37.5 Å². The van der Waals surface area contributed by atoms with Crippen molar-refractivity contribution in [2.45, 2.75) is 59.3 Å². The van der Waals surface area contributed by atoms with Crippen molar-refractivity contribution in [2.24, 2.45) is 10.8 Å². The van der Waals surface area contributed by atoms with E-state index in [0.29, 0.717) is 19.4 Å². The highest BCUT2D eigenvalue weighted by molar-refractivity contribution is 6.19. The van der Waals surface area contributed by atoms with Gasteiger partial charge in [0.1, 0.15) is 5.41 Å². The summed E-state index contributed by atoms with van der Waals surface area (Å²) in [5, 5.41) is 2.37. The topological polar surface area (TPSA) is 66.5 Å². The molecule has 1 aliphatic carbocycles. The van der Waals surface area contributed by atoms with E-state index in [1.807, 2.05) is 13.8 Å². The number of imide groups is 2. The smallest absolute Gasteiger partial charge is 0.277 e. The van der Waals surface area contributed by atoms with Gasteiger partial charge in [0.05, 0.1) is 0 Å². The molecule has 2 fully saturated rings. The Kier molecular flexibility index (Phi) is 3.89. The Labute approximate surface area is 120 Å². The maximum absolute atomic E-state index is 12.7. The molecule has 0 bridgehead atoms. The lowest BCUT2D eigenvalue weighted by atomic mass is 9.78. The Morgan fingerprint density at radius 2 is 1.70 bits per heavy atom. The molecule has 112 valence electrons. The Hall–Kier alpha value is -1.39. The molecule has 0 aromatic carbocycles. The quantitative estimate of drug-likeness (QED) is 0.760. The van der Waals surface area contributed by atoms with Gasteiger partial charge in [-0.15, -0.1) is 0 Å². The average Bonchev–Trinajstić information content (AvgIpc) is 3.17. The fraction of sp³-hybridized carbons (Fsp3) is 0.800. The first-order valence-electron chi connectivity index (χ1n) is 7.62. The lowest BCUT2D eigenvalue weighted by Crippen LogP contribution is -2.64. The van der Waals surface area contributed by atoms with Crippen LogP contribution in [0.5, 0.6) is 0 Å². The average molecular weight is 280 g/mol. The molecule has 0 aromatic heterocycles. The van der Waals surface area contributed by atoms with Gasteiger partial charge < -0.3 is 0 Å². The van der Waals surface area contributed by atoms with Crippen LogP contribution in [0.2, 0.25) is 0 Å². The predicted molar refractivity (Wildman–Crippen MR) is 74.8 cm³/mol. The number of hydrogen-bond donors (Lipinski definition) is 1. The van der Waals surface area contributed by atoms with Gasteiger partial charge in [0, 0.05) is 6.54 Å². The molecule has 1 aliphatic heterocycles. The van der Waals surface area contributed by atoms with Gasteiger partial charge in [-0.1, -0.05) is 27.2 Å². The summed E-state index contributed by atoms with van der Waals surface area (Å²) in [6.07, 6.45) is 5.07. The van der Waals surface area contributed by atoms with Crippen LogP contribution in [0.3, 0.4) is 0 Å². The van der Waals surface area contributed by atoms with Crippen LogP contribution in [0.15, 0.2) is 0 Å². The molecule has 5 heteroatoms. The van der Waals surface area contributed by atoms with Gasteiger partial charge in [-0.3, -0.25) is 19.8 Å². The number of nitrogens with zero attached hydrogens (tertiary/aromatic N) is 1. The minimum atomic E-state index is -1.06. The van der Waals surface area contributed by atoms with E-state index in [0.717, 1.165) is 25.7 Å². The van der Waals surface area contributed by atoms with Crippen molar-refractivity contribution in [3.05, 3.63) is 0 Å². The van der Waals surface area contributed by atoms with Gasteiger partial charge in [0.2, 0.25) is 11.8 Å². The highest BCUT2D eigenvalue weighted by Gasteiger charge is 2.54. The van der Waals surface area contributed by atoms with Crippen LogP contribution in [-0.4, -0.2) is 29.3 Å². The van der Waals surface area contributed by atoms with E-state index in [-0.39, 0.29) is 11.3 Å². The molecule has 2 aliphatic rings. The molecular weight excluding hydrogens is 256 g/mol. The van der Waals surface area contributed by atoms with Crippen molar-refractivity contribution in [3.63, 3.8) is 0 Å². The van der Waals surface area contributed by atoms with Crippen LogP contribution in [0, 0.1) is 10.8 Å². The first-order chi connectivity index (χ1) is 9.44. The third kappa shape index (κ3) is 2.23. The third-order valence-electron chi connectivity index (χ3n) is 4.99. The van der Waals surface area contributed by atoms with E-state index in [1.54, 1.807) is 0 Å². The van der Waals surface area contributed by atoms with E-state index in [9.17, 15) is 14.4 Å². The van der Waals surface area contributed by atoms with Crippen LogP contribution in [0.25, 0.3) is 0 Å². The molecule has 4 amide bonds. The molecule has 0 atom stereocenters. The van der Waals surface area contributed by atoms with E-state index in [4.69, 9.17) is 0 Å². The minimum absolute atomic E-state index is 0.107. The van der Waals surface area contributed by atoms with Crippen molar-refractivity contribution in [1.29, 1.82) is 0 Å². The molecule has 2 rings (SSSR count). The molecule has 0 unspecified atom stereocenters. The van der Waals surface area contributed by atoms with Crippen LogP contribution in [0.4, 0.5) is 4.79 Å². The fourth-order valence-electron chi connectivity index (χ4n) is 3.28. The predicted octanol–water partition coefficient (Wildman–Crippen LogP) is 2.45. The van der Waals surface area contributed by atoms with Crippen LogP contribution >= 0.6 is 0 Å². The Morgan fingerprint density at radius 1 is 1.10 bits per heavy atom. The summed E-state index contributed by atoms with van der Waals surface area (Å²) >= 11 is 0. The molecule has 0 radical (unpaired) electrons. The van der Waals surface area contributed by atoms with Crippen molar-refractivity contribution >= 4 is 17.8 Å². The van der Waals surface area contributed by atoms with E-state index >= 15 is 0 Å². The summed E-state index contributed by atoms with van der Waals surface area (Å²) < 4.78 is 0. The molecule has 1 heterocycles. The second-order valence-electron chi connectivity index (χ2n) is 6.19. The van der Waals surface area contributed by atoms with E-state index < -0.39 is 17.4 Å². The number of rotatable bonds is 6. The fourth-order valence-corrected chi connectivity index (χ4v) is 3.28. The van der Waals surface area contributed by atoms with Crippen molar-refractivity contribution in [3.8, 4) is 0 Å². The van der Waals surface area contributed by atoms with Crippen LogP contribution in [0.1, 0.15) is 59.3 Å². The van der Waals surface area contributed by atoms with Gasteiger partial charge >= 0.3 is 6.03 Å². The van der Waals surface area contributed by atoms with Gasteiger partial charge in [-0.2, -0.15) is 0 Å². The molecule has 0 spiro atoms. The SMILES string of the molecule is CCCC1(CN2C(=O)NC(=O)C(CC)(CC)C2=O)CC1. The summed E-state index contributed by atoms with van der Waals surface area (Å²) in [7, 11) is 0. The van der Waals surface area contributed by atoms with E-state index in [2.05, 4.69) is 12.2 Å². The molecule has 1 saturated heterocycles. The lowest BCUT2D eigenvalue weighted by molar-refractivity contribution is -0.152. The number of hydrogen-bond acceptors (Lipinski definition) is 3. The van der Waals surface area contributed by atoms with Gasteiger partial charge in [0.25, 0.3) is 0 Å². The number of amides is 4. The lowest BCUT2D eigenvalue weighted by Gasteiger charge is -2.39. The maximum atomic E-state index is 12.7. The second kappa shape index (κ2) is 5.19. The maximum Gasteiger partial charge on any atom is 0.330 e. The second-order valence-corrected chi connectivity index (χ2v) is 6.19. The number of carbonyl (C=O) groups is 3. The number of nitrogens with one attached hydrogen (secondary N) is 1. The zero-order valence-corrected chi connectivity index (χ0v) is 12.6. The minimum Gasteiger partial charge on any atom is -0.277 e. The first kappa shape index (κ1) is 15.0. The normalized spacial score (nSPS) is 23.8. The Bertz CT molecular complexity index is 436. The summed E-state index contributed by atoms with van der Waals surface area (Å²) in [4.78, 5) is 38.1. The van der Waals surface area contributed by atoms with Crippen molar-refractivity contribution in [2.75, 3.05) is 6.54 Å². The van der Waals surface area contributed by atoms with Crippen LogP contribution < -0.4 is 5.32 Å². The molecule has 1 N–H and O–H groups in total. The molecule has 20 heavy (non-hydrogen) atoms. The number of urea groups is 1. The monoisotopic (exact) mass is 280 g/mol. The number of barbiturate groups is 1. The van der Waals surface area contributed by atoms with Gasteiger partial charge in [-0.25, -0.2) is 4.79 Å². The summed E-state index contributed by atoms with van der Waals surface area (Å²) in [6.45, 7) is 6.23. The van der Waals surface area contributed by atoms with E-state index in [1.165, 1.54) is 4.90 Å². The molecule has 0 aromatic rings. The highest BCUT2D eigenvalue weighted by atomic mass is 16.2. The highest BCUT2D eigenvalue weighted by Crippen LogP contribution is 2.51. The zero-order chi connectivity index (χ0) is 15.0. The third-order valence-corrected chi connectivity index (χ3v) is 4.99. The number of carbonyl (C=O) groups excluding carboxylic acids is 3. The molecule has 5 nitrogen and oxygen atoms in total. The standard InChI is InChI=1S/C15H24N2O3/c1-4-7-14(8-9-14)10-17-12(19)15(5-2,6-3)11(18)16-13(17)20/h4-10H2,1-3H3,(H,16,18,20). The summed E-state index contributed by atoms with van der Waals surface area (Å²) in [5.74, 6) is -0.743. The Morgan fingerprint density at radius 3 is 2.15 bits per heavy atom. The molecule has 1 saturated carbocycles. The first-order valence-corrected chi connectivity index (χ1v) is 7.62. The van der Waals surface area contributed by atoms with Gasteiger partial charge in [0.15, 0.2) is 0 Å². The van der Waals surface area contributed by atoms with Crippen molar-refractivity contribution < 1.29 is 14.4 Å². The van der Waals surface area contributed by atoms with Crippen molar-refractivity contribution in [1.82, 2.24) is 10.2 Å².